The van der Waals surface area contributed by atoms with E-state index in [1.165, 1.54) is 0 Å². The van der Waals surface area contributed by atoms with Crippen LogP contribution in [0.25, 0.3) is 0 Å². The fraction of sp³-hybridized carbons (Fsp3) is 0.240. The third-order valence-electron chi connectivity index (χ3n) is 5.57. The number of nitrogens with zero attached hydrogens (tertiary/aromatic N) is 2. The number of anilines is 2. The number of carbonyl (C=O) groups is 1. The Labute approximate surface area is 187 Å². The second-order valence-electron chi connectivity index (χ2n) is 7.62. The van der Waals surface area contributed by atoms with Gasteiger partial charge in [0.2, 0.25) is 5.91 Å². The van der Waals surface area contributed by atoms with Crippen LogP contribution in [0.4, 0.5) is 11.4 Å². The number of benzene rings is 3. The van der Waals surface area contributed by atoms with Crippen molar-refractivity contribution in [3.05, 3.63) is 78.9 Å². The van der Waals surface area contributed by atoms with Crippen LogP contribution in [0, 0.1) is 0 Å². The fourth-order valence-corrected chi connectivity index (χ4v) is 4.63. The first-order valence-corrected chi connectivity index (χ1v) is 11.3. The summed E-state index contributed by atoms with van der Waals surface area (Å²) in [5.74, 6) is 0.289. The van der Waals surface area contributed by atoms with Crippen LogP contribution in [0.3, 0.4) is 0 Å². The highest BCUT2D eigenvalue weighted by Crippen LogP contribution is 2.33. The third kappa shape index (κ3) is 5.40. The fourth-order valence-electron chi connectivity index (χ4n) is 3.71. The predicted molar refractivity (Wildman–Crippen MR) is 127 cm³/mol. The molecule has 31 heavy (non-hydrogen) atoms. The van der Waals surface area contributed by atoms with Crippen molar-refractivity contribution in [2.75, 3.05) is 36.4 Å². The number of rotatable bonds is 6. The van der Waals surface area contributed by atoms with Gasteiger partial charge in [-0.2, -0.15) is 0 Å². The van der Waals surface area contributed by atoms with Crippen molar-refractivity contribution in [3.63, 3.8) is 0 Å². The zero-order valence-electron chi connectivity index (χ0n) is 17.6. The summed E-state index contributed by atoms with van der Waals surface area (Å²) in [6.45, 7) is 5.30. The molecular formula is C25H27N3O2S. The van der Waals surface area contributed by atoms with E-state index in [1.54, 1.807) is 23.9 Å². The second kappa shape index (κ2) is 9.90. The number of hydrogen-bond acceptors (Lipinski definition) is 5. The molecule has 2 N–H and O–H groups in total. The Bertz CT molecular complexity index is 1000. The average Bonchev–Trinajstić information content (AvgIpc) is 2.81. The molecule has 0 radical (unpaired) electrons. The molecular weight excluding hydrogens is 406 g/mol. The van der Waals surface area contributed by atoms with Crippen LogP contribution in [0.5, 0.6) is 5.75 Å². The van der Waals surface area contributed by atoms with Crippen LogP contribution in [0.1, 0.15) is 6.92 Å². The van der Waals surface area contributed by atoms with Gasteiger partial charge >= 0.3 is 0 Å². The Kier molecular flexibility index (Phi) is 6.79. The number of hydrogen-bond donors (Lipinski definition) is 2. The molecule has 5 nitrogen and oxygen atoms in total. The molecule has 6 heteroatoms. The maximum atomic E-state index is 13.0. The van der Waals surface area contributed by atoms with Gasteiger partial charge in [0.15, 0.2) is 0 Å². The average molecular weight is 434 g/mol. The number of carbonyl (C=O) groups excluding carboxylic acids is 1. The smallest absolute Gasteiger partial charge is 0.241 e. The minimum Gasteiger partial charge on any atom is -0.508 e. The van der Waals surface area contributed by atoms with Crippen molar-refractivity contribution in [3.8, 4) is 5.75 Å². The van der Waals surface area contributed by atoms with Crippen LogP contribution >= 0.6 is 11.8 Å². The molecule has 3 aromatic carbocycles. The van der Waals surface area contributed by atoms with Gasteiger partial charge in [-0.25, -0.2) is 0 Å². The van der Waals surface area contributed by atoms with Crippen molar-refractivity contribution < 1.29 is 9.90 Å². The molecule has 1 aliphatic rings. The van der Waals surface area contributed by atoms with Gasteiger partial charge in [0, 0.05) is 41.7 Å². The van der Waals surface area contributed by atoms with Crippen molar-refractivity contribution in [2.45, 2.75) is 22.8 Å². The van der Waals surface area contributed by atoms with Gasteiger partial charge in [-0.15, -0.1) is 0 Å². The third-order valence-corrected chi connectivity index (χ3v) is 6.66. The zero-order chi connectivity index (χ0) is 21.6. The van der Waals surface area contributed by atoms with Crippen LogP contribution < -0.4 is 10.2 Å². The van der Waals surface area contributed by atoms with Gasteiger partial charge < -0.3 is 15.3 Å². The molecule has 0 bridgehead atoms. The Morgan fingerprint density at radius 1 is 0.903 bits per heavy atom. The monoisotopic (exact) mass is 433 g/mol. The molecule has 0 aromatic heterocycles. The quantitative estimate of drug-likeness (QED) is 0.591. The zero-order valence-corrected chi connectivity index (χ0v) is 18.4. The van der Waals surface area contributed by atoms with E-state index in [0.29, 0.717) is 0 Å². The molecule has 1 amide bonds. The normalized spacial score (nSPS) is 15.5. The highest BCUT2D eigenvalue weighted by atomic mass is 32.2. The number of phenols is 1. The lowest BCUT2D eigenvalue weighted by Crippen LogP contribution is -2.52. The molecule has 1 fully saturated rings. The summed E-state index contributed by atoms with van der Waals surface area (Å²) in [5.41, 5.74) is 1.94. The highest BCUT2D eigenvalue weighted by Gasteiger charge is 2.26. The van der Waals surface area contributed by atoms with Gasteiger partial charge in [-0.1, -0.05) is 42.1 Å². The summed E-state index contributed by atoms with van der Waals surface area (Å²) < 4.78 is 0. The lowest BCUT2D eigenvalue weighted by molar-refractivity contribution is -0.120. The van der Waals surface area contributed by atoms with Crippen molar-refractivity contribution in [1.29, 1.82) is 0 Å². The second-order valence-corrected chi connectivity index (χ2v) is 8.73. The Morgan fingerprint density at radius 3 is 2.26 bits per heavy atom. The van der Waals surface area contributed by atoms with E-state index in [9.17, 15) is 9.90 Å². The number of piperazine rings is 1. The first-order chi connectivity index (χ1) is 15.1. The van der Waals surface area contributed by atoms with Gasteiger partial charge in [-0.05, 0) is 55.5 Å². The molecule has 3 aromatic rings. The summed E-state index contributed by atoms with van der Waals surface area (Å²) in [6.07, 6.45) is 0. The lowest BCUT2D eigenvalue weighted by atomic mass is 10.2. The summed E-state index contributed by atoms with van der Waals surface area (Å²) in [4.78, 5) is 19.7. The number of nitrogens with one attached hydrogen (secondary N) is 1. The lowest BCUT2D eigenvalue weighted by Gasteiger charge is -2.38. The van der Waals surface area contributed by atoms with Crippen molar-refractivity contribution in [2.24, 2.45) is 0 Å². The van der Waals surface area contributed by atoms with E-state index < -0.39 is 0 Å². The molecule has 160 valence electrons. The minimum atomic E-state index is -0.211. The summed E-state index contributed by atoms with van der Waals surface area (Å²) in [6, 6.07) is 25.2. The molecule has 1 heterocycles. The van der Waals surface area contributed by atoms with E-state index in [1.807, 2.05) is 61.5 Å². The van der Waals surface area contributed by atoms with Gasteiger partial charge in [0.25, 0.3) is 0 Å². The number of aromatic hydroxyl groups is 1. The predicted octanol–water partition coefficient (Wildman–Crippen LogP) is 4.69. The van der Waals surface area contributed by atoms with Crippen molar-refractivity contribution in [1.82, 2.24) is 4.90 Å². The molecule has 4 rings (SSSR count). The van der Waals surface area contributed by atoms with Crippen LogP contribution in [-0.2, 0) is 4.79 Å². The first kappa shape index (κ1) is 21.3. The Hall–Kier alpha value is -2.96. The van der Waals surface area contributed by atoms with E-state index in [-0.39, 0.29) is 17.7 Å². The number of para-hydroxylation sites is 1. The maximum Gasteiger partial charge on any atom is 0.241 e. The topological polar surface area (TPSA) is 55.8 Å². The molecule has 1 aliphatic heterocycles. The van der Waals surface area contributed by atoms with E-state index in [0.717, 1.165) is 47.3 Å². The Balaban J connectivity index is 1.36. The largest absolute Gasteiger partial charge is 0.508 e. The highest BCUT2D eigenvalue weighted by molar-refractivity contribution is 7.99. The van der Waals surface area contributed by atoms with E-state index in [4.69, 9.17) is 0 Å². The summed E-state index contributed by atoms with van der Waals surface area (Å²) in [7, 11) is 0. The molecule has 0 aliphatic carbocycles. The van der Waals surface area contributed by atoms with E-state index >= 15 is 0 Å². The van der Waals surface area contributed by atoms with Gasteiger partial charge in [0.05, 0.1) is 11.7 Å². The summed E-state index contributed by atoms with van der Waals surface area (Å²) >= 11 is 1.65. The van der Waals surface area contributed by atoms with Gasteiger partial charge in [0.1, 0.15) is 5.75 Å². The van der Waals surface area contributed by atoms with Gasteiger partial charge in [-0.3, -0.25) is 9.69 Å². The molecule has 0 spiro atoms. The number of amides is 1. The van der Waals surface area contributed by atoms with E-state index in [2.05, 4.69) is 27.2 Å². The van der Waals surface area contributed by atoms with Crippen LogP contribution in [0.2, 0.25) is 0 Å². The van der Waals surface area contributed by atoms with Crippen molar-refractivity contribution >= 4 is 29.0 Å². The molecule has 1 unspecified atom stereocenters. The van der Waals surface area contributed by atoms with Crippen LogP contribution in [0.15, 0.2) is 88.7 Å². The number of phenolic OH excluding ortho intramolecular Hbond substituents is 1. The molecule has 0 saturated carbocycles. The molecule has 1 saturated heterocycles. The standard InChI is InChI=1S/C25H27N3O2S/c1-19(27-15-17-28(18-16-27)20-11-13-21(29)14-12-20)25(30)26-23-9-5-6-10-24(23)31-22-7-3-2-4-8-22/h2-14,19,29H,15-18H2,1H3,(H,26,30). The maximum absolute atomic E-state index is 13.0. The first-order valence-electron chi connectivity index (χ1n) is 10.5. The molecule has 1 atom stereocenters. The SMILES string of the molecule is CC(C(=O)Nc1ccccc1Sc1ccccc1)N1CCN(c2ccc(O)cc2)CC1. The summed E-state index contributed by atoms with van der Waals surface area (Å²) in [5, 5.41) is 12.6. The Morgan fingerprint density at radius 2 is 1.55 bits per heavy atom. The minimum absolute atomic E-state index is 0.0131. The van der Waals surface area contributed by atoms with Crippen LogP contribution in [-0.4, -0.2) is 48.1 Å².